The number of pyridine rings is 1. The van der Waals surface area contributed by atoms with Crippen molar-refractivity contribution in [2.75, 3.05) is 0 Å². The minimum Gasteiger partial charge on any atom is -0.449 e. The van der Waals surface area contributed by atoms with Gasteiger partial charge in [0, 0.05) is 6.20 Å². The second-order valence-corrected chi connectivity index (χ2v) is 2.79. The minimum absolute atomic E-state index is 0. The average molecular weight is 233 g/mol. The fourth-order valence-electron chi connectivity index (χ4n) is 0.794. The second-order valence-electron chi connectivity index (χ2n) is 2.40. The molecule has 1 heterocycles. The molecule has 0 aliphatic carbocycles. The summed E-state index contributed by atoms with van der Waals surface area (Å²) >= 11 is 5.40. The molecule has 13 heavy (non-hydrogen) atoms. The second kappa shape index (κ2) is 5.73. The Labute approximate surface area is 122 Å². The maximum absolute atomic E-state index is 11.8. The average Bonchev–Trinajstić information content (AvgIpc) is 1.91. The third kappa shape index (κ3) is 6.09. The van der Waals surface area contributed by atoms with Crippen molar-refractivity contribution >= 4 is 18.6 Å². The van der Waals surface area contributed by atoms with Gasteiger partial charge in [-0.2, -0.15) is 0 Å². The zero-order chi connectivity index (χ0) is 9.19. The smallest absolute Gasteiger partial charge is 0.449 e. The van der Waals surface area contributed by atoms with Gasteiger partial charge < -0.3 is 12.9 Å². The van der Waals surface area contributed by atoms with Gasteiger partial charge in [0.15, 0.2) is 0 Å². The number of nitrogens with zero attached hydrogens (tertiary/aromatic N) is 1. The normalized spacial score (nSPS) is 10.8. The van der Waals surface area contributed by atoms with Crippen LogP contribution in [-0.2, 0) is 6.32 Å². The van der Waals surface area contributed by atoms with E-state index in [4.69, 9.17) is 11.6 Å². The monoisotopic (exact) mass is 233 g/mol. The molecule has 0 aliphatic heterocycles. The van der Waals surface area contributed by atoms with Gasteiger partial charge in [-0.25, -0.2) is 4.98 Å². The van der Waals surface area contributed by atoms with Crippen LogP contribution in [0.1, 0.15) is 5.56 Å². The van der Waals surface area contributed by atoms with Gasteiger partial charge in [-0.15, -0.1) is 0 Å². The summed E-state index contributed by atoms with van der Waals surface area (Å²) in [6, 6.07) is 2.67. The molecule has 0 aliphatic rings. The molecule has 0 aromatic carbocycles. The van der Waals surface area contributed by atoms with E-state index in [1.54, 1.807) is 0 Å². The first-order valence-corrected chi connectivity index (χ1v) is 3.66. The Morgan fingerprint density at radius 3 is 2.31 bits per heavy atom. The quantitative estimate of drug-likeness (QED) is 0.503. The van der Waals surface area contributed by atoms with Crippen molar-refractivity contribution in [1.82, 2.24) is 4.98 Å². The van der Waals surface area contributed by atoms with E-state index in [1.807, 2.05) is 0 Å². The summed E-state index contributed by atoms with van der Waals surface area (Å²) in [4.78, 5) is 3.54. The van der Waals surface area contributed by atoms with Gasteiger partial charge in [-0.3, -0.25) is 0 Å². The third-order valence-electron chi connectivity index (χ3n) is 1.26. The van der Waals surface area contributed by atoms with Gasteiger partial charge in [0.05, 0.1) is 0 Å². The molecule has 0 bridgehead atoms. The Kier molecular flexibility index (Phi) is 6.14. The number of hydrogen-bond acceptors (Lipinski definition) is 1. The van der Waals surface area contributed by atoms with Crippen molar-refractivity contribution in [2.45, 2.75) is 6.32 Å². The Morgan fingerprint density at radius 2 is 1.92 bits per heavy atom. The summed E-state index contributed by atoms with van der Waals surface area (Å²) in [6.07, 6.45) is 0.238. The van der Waals surface area contributed by atoms with Crippen molar-refractivity contribution in [2.24, 2.45) is 0 Å². The number of rotatable bonds is 2. The first kappa shape index (κ1) is 13.9. The van der Waals surface area contributed by atoms with Crippen LogP contribution < -0.4 is 51.4 Å². The molecule has 0 radical (unpaired) electrons. The summed E-state index contributed by atoms with van der Waals surface area (Å²) in [5, 5.41) is 0.202. The topological polar surface area (TPSA) is 12.9 Å². The van der Waals surface area contributed by atoms with E-state index >= 15 is 0 Å². The SMILES string of the molecule is F[B-](F)(F)Cc1ccc(Cl)nc1.[K+]. The Balaban J connectivity index is 0.00000144. The zero-order valence-corrected chi connectivity index (χ0v) is 10.9. The number of aromatic nitrogens is 1. The number of halogens is 4. The maximum Gasteiger partial charge on any atom is 1.00 e. The Bertz CT molecular complexity index is 264. The fraction of sp³-hybridized carbons (Fsp3) is 0.167. The van der Waals surface area contributed by atoms with Crippen LogP contribution in [0.3, 0.4) is 0 Å². The molecule has 1 nitrogen and oxygen atoms in total. The van der Waals surface area contributed by atoms with E-state index in [9.17, 15) is 12.9 Å². The van der Waals surface area contributed by atoms with E-state index in [0.717, 1.165) is 6.20 Å². The maximum atomic E-state index is 11.8. The predicted molar refractivity (Wildman–Crippen MR) is 42.0 cm³/mol. The molecule has 0 saturated carbocycles. The Morgan fingerprint density at radius 1 is 1.31 bits per heavy atom. The summed E-state index contributed by atoms with van der Waals surface area (Å²) in [5.41, 5.74) is 0.145. The molecular weight excluding hydrogens is 228 g/mol. The molecule has 0 atom stereocenters. The molecule has 66 valence electrons. The summed E-state index contributed by atoms with van der Waals surface area (Å²) in [5.74, 6) is 0. The zero-order valence-electron chi connectivity index (χ0n) is 6.98. The van der Waals surface area contributed by atoms with Gasteiger partial charge in [-0.05, 0) is 6.07 Å². The van der Waals surface area contributed by atoms with Gasteiger partial charge in [0.1, 0.15) is 5.15 Å². The van der Waals surface area contributed by atoms with Crippen molar-refractivity contribution in [3.63, 3.8) is 0 Å². The van der Waals surface area contributed by atoms with Crippen LogP contribution in [0, 0.1) is 0 Å². The Hall–Kier alpha value is 0.931. The molecule has 1 rings (SSSR count). The fourth-order valence-corrected chi connectivity index (χ4v) is 0.906. The van der Waals surface area contributed by atoms with E-state index in [-0.39, 0.29) is 62.1 Å². The summed E-state index contributed by atoms with van der Waals surface area (Å²) in [6.45, 7) is -4.78. The molecular formula is C6H5BClF3KN. The van der Waals surface area contributed by atoms with E-state index in [2.05, 4.69) is 4.98 Å². The van der Waals surface area contributed by atoms with E-state index in [0.29, 0.717) is 0 Å². The van der Waals surface area contributed by atoms with Crippen LogP contribution in [-0.4, -0.2) is 12.0 Å². The van der Waals surface area contributed by atoms with Crippen LogP contribution >= 0.6 is 11.6 Å². The van der Waals surface area contributed by atoms with Crippen molar-refractivity contribution in [3.05, 3.63) is 29.0 Å². The van der Waals surface area contributed by atoms with Gasteiger partial charge >= 0.3 is 58.4 Å². The van der Waals surface area contributed by atoms with Crippen LogP contribution in [0.25, 0.3) is 0 Å². The first-order valence-electron chi connectivity index (χ1n) is 3.29. The number of hydrogen-bond donors (Lipinski definition) is 0. The van der Waals surface area contributed by atoms with Gasteiger partial charge in [0.25, 0.3) is 0 Å². The van der Waals surface area contributed by atoms with Crippen molar-refractivity contribution in [3.8, 4) is 0 Å². The van der Waals surface area contributed by atoms with Gasteiger partial charge in [-0.1, -0.05) is 29.6 Å². The largest absolute Gasteiger partial charge is 1.00 e. The van der Waals surface area contributed by atoms with Gasteiger partial charge in [0.2, 0.25) is 0 Å². The molecule has 7 heteroatoms. The molecule has 0 N–H and O–H groups in total. The minimum atomic E-state index is -4.78. The van der Waals surface area contributed by atoms with Crippen molar-refractivity contribution < 1.29 is 64.3 Å². The predicted octanol–water partition coefficient (Wildman–Crippen LogP) is -0.332. The summed E-state index contributed by atoms with van der Waals surface area (Å²) in [7, 11) is 0. The van der Waals surface area contributed by atoms with Crippen LogP contribution in [0.15, 0.2) is 18.3 Å². The van der Waals surface area contributed by atoms with E-state index < -0.39 is 13.3 Å². The molecule has 0 unspecified atom stereocenters. The van der Waals surface area contributed by atoms with Crippen LogP contribution in [0.5, 0.6) is 0 Å². The van der Waals surface area contributed by atoms with Crippen molar-refractivity contribution in [1.29, 1.82) is 0 Å². The van der Waals surface area contributed by atoms with E-state index in [1.165, 1.54) is 12.1 Å². The molecule has 1 aromatic heterocycles. The molecule has 0 amide bonds. The van der Waals surface area contributed by atoms with Crippen LogP contribution in [0.4, 0.5) is 12.9 Å². The molecule has 0 spiro atoms. The molecule has 1 aromatic rings. The summed E-state index contributed by atoms with van der Waals surface area (Å²) < 4.78 is 35.5. The standard InChI is InChI=1S/C6H5BClF3N.K/c8-6-2-1-5(4-12-6)3-7(9,10)11;/h1-2,4H,3H2;/q-1;+1. The molecule has 0 saturated heterocycles. The molecule has 0 fully saturated rings. The first-order chi connectivity index (χ1) is 5.47. The third-order valence-corrected chi connectivity index (χ3v) is 1.48. The van der Waals surface area contributed by atoms with Crippen LogP contribution in [0.2, 0.25) is 5.15 Å².